The van der Waals surface area contributed by atoms with Gasteiger partial charge in [-0.3, -0.25) is 4.68 Å². The molecule has 0 spiro atoms. The molecule has 1 N–H and O–H groups in total. The van der Waals surface area contributed by atoms with Crippen molar-refractivity contribution in [2.75, 3.05) is 7.05 Å². The minimum atomic E-state index is 0.516. The molecule has 0 atom stereocenters. The normalized spacial score (nSPS) is 15.1. The number of nitrogens with zero attached hydrogens (tertiary/aromatic N) is 2. The van der Waals surface area contributed by atoms with Gasteiger partial charge in [-0.1, -0.05) is 43.4 Å². The van der Waals surface area contributed by atoms with Crippen LogP contribution in [0.1, 0.15) is 43.5 Å². The van der Waals surface area contributed by atoms with Gasteiger partial charge in [0.2, 0.25) is 0 Å². The number of hydrogen-bond acceptors (Lipinski definition) is 3. The molecule has 24 heavy (non-hydrogen) atoms. The van der Waals surface area contributed by atoms with Crippen molar-refractivity contribution in [1.82, 2.24) is 15.1 Å². The van der Waals surface area contributed by atoms with Crippen LogP contribution in [-0.2, 0) is 19.7 Å². The van der Waals surface area contributed by atoms with E-state index >= 15 is 0 Å². The summed E-state index contributed by atoms with van der Waals surface area (Å²) in [5.41, 5.74) is 2.19. The van der Waals surface area contributed by atoms with Crippen molar-refractivity contribution < 1.29 is 4.74 Å². The molecule has 0 unspecified atom stereocenters. The summed E-state index contributed by atoms with van der Waals surface area (Å²) in [6, 6.07) is 9.66. The predicted molar refractivity (Wildman–Crippen MR) is 97.3 cm³/mol. The van der Waals surface area contributed by atoms with Crippen molar-refractivity contribution in [2.45, 2.75) is 51.8 Å². The van der Waals surface area contributed by atoms with E-state index in [1.54, 1.807) is 0 Å². The van der Waals surface area contributed by atoms with Gasteiger partial charge in [-0.05, 0) is 43.7 Å². The Hall–Kier alpha value is -1.52. The zero-order valence-corrected chi connectivity index (χ0v) is 15.1. The number of hydrogen-bond donors (Lipinski definition) is 1. The van der Waals surface area contributed by atoms with Gasteiger partial charge < -0.3 is 10.1 Å². The highest BCUT2D eigenvalue weighted by atomic mass is 35.5. The first-order valence-electron chi connectivity index (χ1n) is 8.83. The molecule has 0 aliphatic heterocycles. The number of halogens is 1. The molecule has 130 valence electrons. The molecule has 1 aromatic carbocycles. The fourth-order valence-electron chi connectivity index (χ4n) is 3.41. The maximum atomic E-state index is 6.02. The summed E-state index contributed by atoms with van der Waals surface area (Å²) >= 11 is 6.02. The molecule has 0 radical (unpaired) electrons. The molecule has 5 heteroatoms. The fraction of sp³-hybridized carbons (Fsp3) is 0.526. The summed E-state index contributed by atoms with van der Waals surface area (Å²) in [7, 11) is 1.94. The van der Waals surface area contributed by atoms with Crippen LogP contribution < -0.4 is 10.1 Å². The average molecular weight is 348 g/mol. The van der Waals surface area contributed by atoms with Crippen molar-refractivity contribution in [3.63, 3.8) is 0 Å². The van der Waals surface area contributed by atoms with Gasteiger partial charge >= 0.3 is 0 Å². The van der Waals surface area contributed by atoms with E-state index < -0.39 is 0 Å². The van der Waals surface area contributed by atoms with Crippen LogP contribution in [0.5, 0.6) is 5.75 Å². The lowest BCUT2D eigenvalue weighted by Crippen LogP contribution is -2.11. The molecule has 3 rings (SSSR count). The molecule has 1 aliphatic rings. The van der Waals surface area contributed by atoms with E-state index in [4.69, 9.17) is 21.4 Å². The quantitative estimate of drug-likeness (QED) is 0.768. The second-order valence-electron chi connectivity index (χ2n) is 6.57. The van der Waals surface area contributed by atoms with Crippen LogP contribution >= 0.6 is 11.6 Å². The Morgan fingerprint density at radius 1 is 1.29 bits per heavy atom. The number of ether oxygens (including phenoxy) is 1. The van der Waals surface area contributed by atoms with E-state index in [0.29, 0.717) is 11.6 Å². The molecular weight excluding hydrogens is 322 g/mol. The van der Waals surface area contributed by atoms with Gasteiger partial charge in [0.25, 0.3) is 0 Å². The molecule has 4 nitrogen and oxygen atoms in total. The zero-order valence-electron chi connectivity index (χ0n) is 14.3. The first-order valence-corrected chi connectivity index (χ1v) is 9.21. The van der Waals surface area contributed by atoms with E-state index in [1.807, 2.05) is 31.3 Å². The van der Waals surface area contributed by atoms with Crippen molar-refractivity contribution in [2.24, 2.45) is 5.92 Å². The summed E-state index contributed by atoms with van der Waals surface area (Å²) in [5.74, 6) is 1.66. The molecule has 1 aliphatic carbocycles. The van der Waals surface area contributed by atoms with Gasteiger partial charge in [-0.25, -0.2) is 0 Å². The monoisotopic (exact) mass is 347 g/mol. The lowest BCUT2D eigenvalue weighted by Gasteiger charge is -2.12. The molecule has 1 saturated carbocycles. The van der Waals surface area contributed by atoms with Gasteiger partial charge in [0.15, 0.2) is 0 Å². The third-order valence-corrected chi connectivity index (χ3v) is 4.91. The van der Waals surface area contributed by atoms with Crippen LogP contribution in [0, 0.1) is 5.92 Å². The van der Waals surface area contributed by atoms with E-state index in [0.717, 1.165) is 36.1 Å². The van der Waals surface area contributed by atoms with Crippen molar-refractivity contribution >= 4 is 11.6 Å². The molecule has 2 aromatic rings. The molecule has 0 bridgehead atoms. The number of rotatable bonds is 8. The fourth-order valence-corrected chi connectivity index (χ4v) is 3.59. The predicted octanol–water partition coefficient (Wildman–Crippen LogP) is 4.42. The summed E-state index contributed by atoms with van der Waals surface area (Å²) < 4.78 is 8.03. The number of benzene rings is 1. The Morgan fingerprint density at radius 3 is 2.88 bits per heavy atom. The van der Waals surface area contributed by atoms with Crippen LogP contribution in [-0.4, -0.2) is 16.8 Å². The van der Waals surface area contributed by atoms with Crippen molar-refractivity contribution in [3.05, 3.63) is 46.7 Å². The maximum absolute atomic E-state index is 6.02. The van der Waals surface area contributed by atoms with Gasteiger partial charge in [-0.15, -0.1) is 0 Å². The molecule has 0 amide bonds. The van der Waals surface area contributed by atoms with Gasteiger partial charge in [0, 0.05) is 18.1 Å². The minimum Gasteiger partial charge on any atom is -0.487 e. The first-order chi connectivity index (χ1) is 11.7. The first kappa shape index (κ1) is 17.3. The van der Waals surface area contributed by atoms with Gasteiger partial charge in [0.1, 0.15) is 12.4 Å². The second kappa shape index (κ2) is 8.54. The largest absolute Gasteiger partial charge is 0.487 e. The van der Waals surface area contributed by atoms with Gasteiger partial charge in [0.05, 0.1) is 11.4 Å². The second-order valence-corrected chi connectivity index (χ2v) is 7.00. The SMILES string of the molecule is CNCc1cc(COc2cccc(Cl)c2)n(CCC2CCCC2)n1. The lowest BCUT2D eigenvalue weighted by molar-refractivity contribution is 0.288. The highest BCUT2D eigenvalue weighted by molar-refractivity contribution is 6.30. The van der Waals surface area contributed by atoms with E-state index in [1.165, 1.54) is 32.1 Å². The number of nitrogens with one attached hydrogen (secondary N) is 1. The van der Waals surface area contributed by atoms with Crippen LogP contribution in [0.3, 0.4) is 0 Å². The van der Waals surface area contributed by atoms with Crippen molar-refractivity contribution in [3.8, 4) is 5.75 Å². The van der Waals surface area contributed by atoms with Crippen LogP contribution in [0.4, 0.5) is 0 Å². The highest BCUT2D eigenvalue weighted by Gasteiger charge is 2.16. The third-order valence-electron chi connectivity index (χ3n) is 4.68. The Balaban J connectivity index is 1.65. The van der Waals surface area contributed by atoms with Crippen molar-refractivity contribution in [1.29, 1.82) is 0 Å². The van der Waals surface area contributed by atoms with E-state index in [-0.39, 0.29) is 0 Å². The van der Waals surface area contributed by atoms with Crippen LogP contribution in [0.25, 0.3) is 0 Å². The van der Waals surface area contributed by atoms with Crippen LogP contribution in [0.15, 0.2) is 30.3 Å². The topological polar surface area (TPSA) is 39.1 Å². The lowest BCUT2D eigenvalue weighted by atomic mass is 10.0. The molecule has 0 saturated heterocycles. The smallest absolute Gasteiger partial charge is 0.130 e. The highest BCUT2D eigenvalue weighted by Crippen LogP contribution is 2.28. The average Bonchev–Trinajstić information content (AvgIpc) is 3.21. The van der Waals surface area contributed by atoms with Gasteiger partial charge in [-0.2, -0.15) is 5.10 Å². The Kier molecular flexibility index (Phi) is 6.16. The summed E-state index contributed by atoms with van der Waals surface area (Å²) in [5, 5.41) is 8.60. The number of aryl methyl sites for hydroxylation is 1. The summed E-state index contributed by atoms with van der Waals surface area (Å²) in [6.45, 7) is 2.27. The minimum absolute atomic E-state index is 0.516. The summed E-state index contributed by atoms with van der Waals surface area (Å²) in [4.78, 5) is 0. The number of aromatic nitrogens is 2. The molecule has 1 fully saturated rings. The van der Waals surface area contributed by atoms with Crippen LogP contribution in [0.2, 0.25) is 5.02 Å². The maximum Gasteiger partial charge on any atom is 0.130 e. The standard InChI is InChI=1S/C19H26ClN3O/c1-21-13-17-12-18(14-24-19-8-4-7-16(20)11-19)23(22-17)10-9-15-5-2-3-6-15/h4,7-8,11-12,15,21H,2-3,5-6,9-10,13-14H2,1H3. The Labute approximate surface area is 149 Å². The summed E-state index contributed by atoms with van der Waals surface area (Å²) in [6.07, 6.45) is 6.74. The third kappa shape index (κ3) is 4.74. The molecular formula is C19H26ClN3O. The molecule has 1 aromatic heterocycles. The van der Waals surface area contributed by atoms with E-state index in [9.17, 15) is 0 Å². The Morgan fingerprint density at radius 2 is 2.12 bits per heavy atom. The zero-order chi connectivity index (χ0) is 16.8. The Bertz CT molecular complexity index is 650. The molecule has 1 heterocycles. The van der Waals surface area contributed by atoms with E-state index in [2.05, 4.69) is 16.1 Å².